The van der Waals surface area contributed by atoms with Gasteiger partial charge in [-0.15, -0.1) is 0 Å². The molecule has 0 amide bonds. The van der Waals surface area contributed by atoms with Crippen molar-refractivity contribution in [2.75, 3.05) is 0 Å². The number of aromatic hydroxyl groups is 1. The van der Waals surface area contributed by atoms with E-state index in [4.69, 9.17) is 4.43 Å². The third-order valence-electron chi connectivity index (χ3n) is 2.42. The summed E-state index contributed by atoms with van der Waals surface area (Å²) in [4.78, 5) is 0. The van der Waals surface area contributed by atoms with E-state index in [1.165, 1.54) is 18.4 Å². The lowest BCUT2D eigenvalue weighted by Gasteiger charge is -2.07. The maximum atomic E-state index is 9.62. The van der Waals surface area contributed by atoms with Crippen molar-refractivity contribution >= 4 is 9.76 Å². The first-order valence-corrected chi connectivity index (χ1v) is 7.65. The van der Waals surface area contributed by atoms with Gasteiger partial charge >= 0.3 is 0 Å². The molecule has 0 unspecified atom stereocenters. The number of unbranched alkanes of at least 4 members (excludes halogenated alkanes) is 1. The van der Waals surface area contributed by atoms with Crippen LogP contribution in [0.1, 0.15) is 30.9 Å². The molecule has 0 saturated heterocycles. The van der Waals surface area contributed by atoms with Gasteiger partial charge in [-0.2, -0.15) is 0 Å². The van der Waals surface area contributed by atoms with Crippen molar-refractivity contribution in [2.45, 2.75) is 39.3 Å². The molecule has 0 spiro atoms. The maximum absolute atomic E-state index is 9.62. The molecule has 1 N–H and O–H groups in total. The number of aryl methyl sites for hydroxylation is 1. The number of phenolic OH excluding ortho intramolecular Hbond substituents is 1. The Morgan fingerprint density at radius 3 is 2.87 bits per heavy atom. The van der Waals surface area contributed by atoms with Crippen LogP contribution in [0.4, 0.5) is 0 Å². The molecule has 0 aliphatic heterocycles. The minimum atomic E-state index is -0.385. The molecule has 2 nitrogen and oxygen atoms in total. The molecule has 0 atom stereocenters. The minimum Gasteiger partial charge on any atom is -0.508 e. The van der Waals surface area contributed by atoms with Crippen LogP contribution in [-0.4, -0.2) is 14.9 Å². The van der Waals surface area contributed by atoms with E-state index in [2.05, 4.69) is 19.5 Å². The zero-order valence-electron chi connectivity index (χ0n) is 9.62. The summed E-state index contributed by atoms with van der Waals surface area (Å²) >= 11 is 0. The quantitative estimate of drug-likeness (QED) is 0.752. The van der Waals surface area contributed by atoms with Gasteiger partial charge in [0, 0.05) is 5.56 Å². The van der Waals surface area contributed by atoms with Gasteiger partial charge in [-0.1, -0.05) is 26.0 Å². The third-order valence-corrected chi connectivity index (χ3v) is 3.04. The van der Waals surface area contributed by atoms with Crippen LogP contribution in [0.15, 0.2) is 18.2 Å². The van der Waals surface area contributed by atoms with Crippen LogP contribution >= 0.6 is 0 Å². The van der Waals surface area contributed by atoms with Crippen molar-refractivity contribution in [1.82, 2.24) is 0 Å². The van der Waals surface area contributed by atoms with Gasteiger partial charge in [0.05, 0.1) is 6.61 Å². The molecule has 1 aromatic rings. The van der Waals surface area contributed by atoms with E-state index in [9.17, 15) is 5.11 Å². The Bertz CT molecular complexity index is 300. The Hall–Kier alpha value is -0.803. The van der Waals surface area contributed by atoms with E-state index < -0.39 is 0 Å². The van der Waals surface area contributed by atoms with E-state index in [0.29, 0.717) is 12.4 Å². The van der Waals surface area contributed by atoms with Gasteiger partial charge in [-0.05, 0) is 30.5 Å². The molecule has 0 aromatic heterocycles. The summed E-state index contributed by atoms with van der Waals surface area (Å²) in [5.74, 6) is 0.359. The van der Waals surface area contributed by atoms with Crippen molar-refractivity contribution in [3.63, 3.8) is 0 Å². The second-order valence-electron chi connectivity index (χ2n) is 3.70. The second-order valence-corrected chi connectivity index (χ2v) is 4.69. The van der Waals surface area contributed by atoms with Crippen molar-refractivity contribution in [1.29, 1.82) is 0 Å². The molecule has 1 rings (SSSR count). The molecular weight excluding hydrogens is 204 g/mol. The molecule has 0 heterocycles. The Balaban J connectivity index is 2.66. The van der Waals surface area contributed by atoms with Crippen LogP contribution in [0.5, 0.6) is 5.75 Å². The maximum Gasteiger partial charge on any atom is 0.159 e. The molecule has 0 aliphatic rings. The average molecular weight is 224 g/mol. The van der Waals surface area contributed by atoms with E-state index in [0.717, 1.165) is 12.0 Å². The lowest BCUT2D eigenvalue weighted by molar-refractivity contribution is 0.318. The van der Waals surface area contributed by atoms with Gasteiger partial charge in [-0.25, -0.2) is 0 Å². The fourth-order valence-corrected chi connectivity index (χ4v) is 1.93. The normalized spacial score (nSPS) is 11.3. The van der Waals surface area contributed by atoms with E-state index in [1.807, 2.05) is 6.07 Å². The molecule has 1 aromatic carbocycles. The zero-order chi connectivity index (χ0) is 11.1. The van der Waals surface area contributed by atoms with E-state index in [1.54, 1.807) is 6.07 Å². The van der Waals surface area contributed by atoms with Crippen molar-refractivity contribution in [2.24, 2.45) is 0 Å². The lowest BCUT2D eigenvalue weighted by atomic mass is 10.1. The first kappa shape index (κ1) is 12.3. The standard InChI is InChI=1S/C12H20O2Si/c1-3-4-5-10-6-7-12(13)11(8-10)9-14-15-2/h6-8,13H,3-5,9,15H2,1-2H3. The highest BCUT2D eigenvalue weighted by molar-refractivity contribution is 6.24. The highest BCUT2D eigenvalue weighted by Gasteiger charge is 2.02. The van der Waals surface area contributed by atoms with E-state index in [-0.39, 0.29) is 9.76 Å². The first-order chi connectivity index (χ1) is 7.27. The third kappa shape index (κ3) is 4.06. The number of benzene rings is 1. The number of hydrogen-bond acceptors (Lipinski definition) is 2. The van der Waals surface area contributed by atoms with Crippen molar-refractivity contribution in [3.8, 4) is 5.75 Å². The molecular formula is C12H20O2Si. The molecule has 0 bridgehead atoms. The highest BCUT2D eigenvalue weighted by atomic mass is 28.2. The predicted octanol–water partition coefficient (Wildman–Crippen LogP) is 2.38. The summed E-state index contributed by atoms with van der Waals surface area (Å²) in [5.41, 5.74) is 2.23. The molecule has 0 radical (unpaired) electrons. The van der Waals surface area contributed by atoms with Gasteiger partial charge in [0.15, 0.2) is 9.76 Å². The van der Waals surface area contributed by atoms with Crippen LogP contribution in [0.3, 0.4) is 0 Å². The monoisotopic (exact) mass is 224 g/mol. The summed E-state index contributed by atoms with van der Waals surface area (Å²) in [6, 6.07) is 5.84. The Morgan fingerprint density at radius 2 is 2.20 bits per heavy atom. The fourth-order valence-electron chi connectivity index (χ4n) is 1.50. The van der Waals surface area contributed by atoms with Crippen molar-refractivity contribution < 1.29 is 9.53 Å². The molecule has 3 heteroatoms. The molecule has 15 heavy (non-hydrogen) atoms. The van der Waals surface area contributed by atoms with Gasteiger partial charge in [0.1, 0.15) is 5.75 Å². The van der Waals surface area contributed by atoms with Crippen molar-refractivity contribution in [3.05, 3.63) is 29.3 Å². The second kappa shape index (κ2) is 6.64. The largest absolute Gasteiger partial charge is 0.508 e. The van der Waals surface area contributed by atoms with Crippen LogP contribution in [0.2, 0.25) is 6.55 Å². The number of hydrogen-bond donors (Lipinski definition) is 1. The smallest absolute Gasteiger partial charge is 0.159 e. The molecule has 84 valence electrons. The number of rotatable bonds is 6. The Labute approximate surface area is 94.2 Å². The number of phenols is 1. The fraction of sp³-hybridized carbons (Fsp3) is 0.500. The molecule has 0 fully saturated rings. The van der Waals surface area contributed by atoms with Gasteiger partial charge in [-0.3, -0.25) is 0 Å². The van der Waals surface area contributed by atoms with Crippen LogP contribution < -0.4 is 0 Å². The SMILES string of the molecule is CCCCc1ccc(O)c(CO[SiH2]C)c1. The lowest BCUT2D eigenvalue weighted by Crippen LogP contribution is -1.96. The molecule has 0 aliphatic carbocycles. The summed E-state index contributed by atoms with van der Waals surface area (Å²) in [6.07, 6.45) is 3.50. The van der Waals surface area contributed by atoms with Gasteiger partial charge in [0.2, 0.25) is 0 Å². The first-order valence-electron chi connectivity index (χ1n) is 5.66. The summed E-state index contributed by atoms with van der Waals surface area (Å²) in [5, 5.41) is 9.62. The zero-order valence-corrected chi connectivity index (χ0v) is 11.0. The average Bonchev–Trinajstić information content (AvgIpc) is 2.26. The van der Waals surface area contributed by atoms with Gasteiger partial charge < -0.3 is 9.53 Å². The minimum absolute atomic E-state index is 0.359. The highest BCUT2D eigenvalue weighted by Crippen LogP contribution is 2.20. The van der Waals surface area contributed by atoms with Crippen LogP contribution in [-0.2, 0) is 17.5 Å². The topological polar surface area (TPSA) is 29.5 Å². The van der Waals surface area contributed by atoms with Crippen LogP contribution in [0, 0.1) is 0 Å². The van der Waals surface area contributed by atoms with Crippen LogP contribution in [0.25, 0.3) is 0 Å². The summed E-state index contributed by atoms with van der Waals surface area (Å²) < 4.78 is 5.44. The Morgan fingerprint density at radius 1 is 1.40 bits per heavy atom. The summed E-state index contributed by atoms with van der Waals surface area (Å²) in [6.45, 7) is 4.85. The van der Waals surface area contributed by atoms with E-state index >= 15 is 0 Å². The summed E-state index contributed by atoms with van der Waals surface area (Å²) in [7, 11) is -0.385. The molecule has 0 saturated carbocycles. The predicted molar refractivity (Wildman–Crippen MR) is 65.9 cm³/mol. The van der Waals surface area contributed by atoms with Gasteiger partial charge in [0.25, 0.3) is 0 Å². The Kier molecular flexibility index (Phi) is 5.43.